The van der Waals surface area contributed by atoms with Crippen LogP contribution in [0.5, 0.6) is 0 Å². The Bertz CT molecular complexity index is 745. The Labute approximate surface area is 115 Å². The zero-order chi connectivity index (χ0) is 14.3. The summed E-state index contributed by atoms with van der Waals surface area (Å²) in [7, 11) is 0. The lowest BCUT2D eigenvalue weighted by Crippen LogP contribution is -2.34. The lowest BCUT2D eigenvalue weighted by molar-refractivity contribution is -0.115. The number of anilines is 1. The number of benzene rings is 2. The Morgan fingerprint density at radius 3 is 2.50 bits per heavy atom. The topological polar surface area (TPSA) is 75.3 Å². The van der Waals surface area contributed by atoms with Crippen molar-refractivity contribution < 1.29 is 14.4 Å². The van der Waals surface area contributed by atoms with Gasteiger partial charge in [-0.1, -0.05) is 19.1 Å². The molecule has 0 bridgehead atoms. The maximum absolute atomic E-state index is 11.9. The number of hydrogen-bond donors (Lipinski definition) is 2. The zero-order valence-electron chi connectivity index (χ0n) is 10.8. The first-order valence-electron chi connectivity index (χ1n) is 6.33. The minimum absolute atomic E-state index is 0.114. The second-order valence-corrected chi connectivity index (χ2v) is 4.57. The number of hydrogen-bond acceptors (Lipinski definition) is 3. The fraction of sp³-hybridized carbons (Fsp3) is 0.133. The number of carbonyl (C=O) groups excluding carboxylic acids is 3. The molecule has 0 saturated heterocycles. The van der Waals surface area contributed by atoms with Crippen molar-refractivity contribution >= 4 is 34.2 Å². The van der Waals surface area contributed by atoms with Crippen LogP contribution in [-0.2, 0) is 4.79 Å². The minimum atomic E-state index is -0.410. The Morgan fingerprint density at radius 2 is 1.80 bits per heavy atom. The maximum atomic E-state index is 11.9. The molecular formula is C15H12N2O3. The molecule has 2 N–H and O–H groups in total. The van der Waals surface area contributed by atoms with Gasteiger partial charge in [-0.2, -0.15) is 0 Å². The van der Waals surface area contributed by atoms with Gasteiger partial charge in [0.25, 0.3) is 11.8 Å². The molecule has 5 heteroatoms. The van der Waals surface area contributed by atoms with Gasteiger partial charge >= 0.3 is 0 Å². The van der Waals surface area contributed by atoms with Gasteiger partial charge in [-0.3, -0.25) is 19.7 Å². The van der Waals surface area contributed by atoms with Crippen LogP contribution in [0.25, 0.3) is 10.8 Å². The van der Waals surface area contributed by atoms with Gasteiger partial charge in [-0.05, 0) is 18.2 Å². The lowest BCUT2D eigenvalue weighted by atomic mass is 9.94. The molecule has 1 aliphatic heterocycles. The van der Waals surface area contributed by atoms with E-state index >= 15 is 0 Å². The number of carbonyl (C=O) groups is 3. The minimum Gasteiger partial charge on any atom is -0.326 e. The fourth-order valence-corrected chi connectivity index (χ4v) is 2.37. The Hall–Kier alpha value is -2.69. The molecule has 1 aliphatic rings. The van der Waals surface area contributed by atoms with E-state index in [1.807, 2.05) is 0 Å². The van der Waals surface area contributed by atoms with Gasteiger partial charge in [0.1, 0.15) is 0 Å². The van der Waals surface area contributed by atoms with Crippen molar-refractivity contribution in [2.45, 2.75) is 13.3 Å². The predicted octanol–water partition coefficient (Wildman–Crippen LogP) is 2.07. The van der Waals surface area contributed by atoms with Crippen molar-refractivity contribution in [3.8, 4) is 0 Å². The quantitative estimate of drug-likeness (QED) is 0.819. The molecule has 0 radical (unpaired) electrons. The number of nitrogens with one attached hydrogen (secondary N) is 2. The summed E-state index contributed by atoms with van der Waals surface area (Å²) in [6.45, 7) is 1.76. The molecule has 2 aromatic carbocycles. The molecule has 1 heterocycles. The molecule has 100 valence electrons. The van der Waals surface area contributed by atoms with Crippen LogP contribution in [0, 0.1) is 0 Å². The second kappa shape index (κ2) is 4.45. The van der Waals surface area contributed by atoms with E-state index in [4.69, 9.17) is 0 Å². The molecule has 3 amide bonds. The molecule has 0 spiro atoms. The third kappa shape index (κ3) is 1.75. The molecule has 0 unspecified atom stereocenters. The monoisotopic (exact) mass is 268 g/mol. The van der Waals surface area contributed by atoms with Gasteiger partial charge in [0, 0.05) is 34.0 Å². The maximum Gasteiger partial charge on any atom is 0.258 e. The Morgan fingerprint density at radius 1 is 1.10 bits per heavy atom. The van der Waals surface area contributed by atoms with E-state index in [-0.39, 0.29) is 5.91 Å². The Balaban J connectivity index is 2.29. The first kappa shape index (κ1) is 12.3. The summed E-state index contributed by atoms with van der Waals surface area (Å²) in [5.74, 6) is -0.934. The standard InChI is InChI=1S/C15H12N2O3/c1-2-12(18)16-11-7-6-10-13-8(11)4-3-5-9(13)14(19)17-15(10)20/h3-7H,2H2,1H3,(H,16,18)(H,17,19,20). The average molecular weight is 268 g/mol. The highest BCUT2D eigenvalue weighted by Crippen LogP contribution is 2.31. The number of imide groups is 1. The van der Waals surface area contributed by atoms with Crippen molar-refractivity contribution in [3.63, 3.8) is 0 Å². The van der Waals surface area contributed by atoms with Crippen LogP contribution in [0.2, 0.25) is 0 Å². The van der Waals surface area contributed by atoms with Crippen molar-refractivity contribution in [2.24, 2.45) is 0 Å². The van der Waals surface area contributed by atoms with Crippen LogP contribution in [0.4, 0.5) is 5.69 Å². The molecule has 0 atom stereocenters. The van der Waals surface area contributed by atoms with E-state index in [2.05, 4.69) is 10.6 Å². The van der Waals surface area contributed by atoms with Crippen molar-refractivity contribution in [1.29, 1.82) is 0 Å². The van der Waals surface area contributed by atoms with Crippen LogP contribution in [0.1, 0.15) is 34.1 Å². The lowest BCUT2D eigenvalue weighted by Gasteiger charge is -2.18. The van der Waals surface area contributed by atoms with Gasteiger partial charge in [0.15, 0.2) is 0 Å². The van der Waals surface area contributed by atoms with Gasteiger partial charge < -0.3 is 5.32 Å². The van der Waals surface area contributed by atoms with Crippen molar-refractivity contribution in [1.82, 2.24) is 5.32 Å². The van der Waals surface area contributed by atoms with Crippen LogP contribution in [-0.4, -0.2) is 17.7 Å². The molecule has 0 saturated carbocycles. The largest absolute Gasteiger partial charge is 0.326 e. The van der Waals surface area contributed by atoms with E-state index in [0.29, 0.717) is 34.0 Å². The Kier molecular flexibility index (Phi) is 2.75. The highest BCUT2D eigenvalue weighted by molar-refractivity contribution is 6.27. The first-order chi connectivity index (χ1) is 9.61. The SMILES string of the molecule is CCC(=O)Nc1ccc2c3c(cccc13)C(=O)NC2=O. The molecule has 0 aromatic heterocycles. The molecule has 3 rings (SSSR count). The van der Waals surface area contributed by atoms with E-state index in [1.54, 1.807) is 37.3 Å². The predicted molar refractivity (Wildman–Crippen MR) is 74.7 cm³/mol. The van der Waals surface area contributed by atoms with Gasteiger partial charge in [0.2, 0.25) is 5.91 Å². The third-order valence-electron chi connectivity index (χ3n) is 3.35. The van der Waals surface area contributed by atoms with E-state index < -0.39 is 11.8 Å². The van der Waals surface area contributed by atoms with Crippen molar-refractivity contribution in [3.05, 3.63) is 41.5 Å². The zero-order valence-corrected chi connectivity index (χ0v) is 10.8. The third-order valence-corrected chi connectivity index (χ3v) is 3.35. The normalized spacial score (nSPS) is 13.2. The summed E-state index contributed by atoms with van der Waals surface area (Å²) in [5.41, 5.74) is 1.51. The molecule has 0 aliphatic carbocycles. The summed E-state index contributed by atoms with van der Waals surface area (Å²) in [5, 5.41) is 6.38. The number of amides is 3. The molecule has 5 nitrogen and oxygen atoms in total. The van der Waals surface area contributed by atoms with E-state index in [0.717, 1.165) is 0 Å². The van der Waals surface area contributed by atoms with Crippen LogP contribution < -0.4 is 10.6 Å². The van der Waals surface area contributed by atoms with Crippen LogP contribution >= 0.6 is 0 Å². The molecular weight excluding hydrogens is 256 g/mol. The van der Waals surface area contributed by atoms with E-state index in [1.165, 1.54) is 0 Å². The van der Waals surface area contributed by atoms with Crippen LogP contribution in [0.3, 0.4) is 0 Å². The molecule has 2 aromatic rings. The highest BCUT2D eigenvalue weighted by Gasteiger charge is 2.25. The number of rotatable bonds is 2. The second-order valence-electron chi connectivity index (χ2n) is 4.57. The summed E-state index contributed by atoms with van der Waals surface area (Å²) in [6, 6.07) is 8.50. The van der Waals surface area contributed by atoms with Crippen molar-refractivity contribution in [2.75, 3.05) is 5.32 Å². The summed E-state index contributed by atoms with van der Waals surface area (Å²) < 4.78 is 0. The van der Waals surface area contributed by atoms with Gasteiger partial charge in [0.05, 0.1) is 0 Å². The summed E-state index contributed by atoms with van der Waals surface area (Å²) in [6.07, 6.45) is 0.363. The highest BCUT2D eigenvalue weighted by atomic mass is 16.2. The summed E-state index contributed by atoms with van der Waals surface area (Å²) >= 11 is 0. The first-order valence-corrected chi connectivity index (χ1v) is 6.33. The molecule has 20 heavy (non-hydrogen) atoms. The average Bonchev–Trinajstić information content (AvgIpc) is 2.45. The fourth-order valence-electron chi connectivity index (χ4n) is 2.37. The van der Waals surface area contributed by atoms with E-state index in [9.17, 15) is 14.4 Å². The van der Waals surface area contributed by atoms with Gasteiger partial charge in [-0.25, -0.2) is 0 Å². The van der Waals surface area contributed by atoms with Gasteiger partial charge in [-0.15, -0.1) is 0 Å². The van der Waals surface area contributed by atoms with Crippen LogP contribution in [0.15, 0.2) is 30.3 Å². The molecule has 0 fully saturated rings. The summed E-state index contributed by atoms with van der Waals surface area (Å²) in [4.78, 5) is 35.3. The smallest absolute Gasteiger partial charge is 0.258 e.